The minimum atomic E-state index is -0.568. The maximum atomic E-state index is 13.3. The predicted octanol–water partition coefficient (Wildman–Crippen LogP) is 2.90. The van der Waals surface area contributed by atoms with Gasteiger partial charge in [-0.3, -0.25) is 0 Å². The Morgan fingerprint density at radius 2 is 1.86 bits per heavy atom. The average Bonchev–Trinajstić information content (AvgIpc) is 2.86. The summed E-state index contributed by atoms with van der Waals surface area (Å²) in [5, 5.41) is 3.27. The predicted molar refractivity (Wildman–Crippen MR) is 75.7 cm³/mol. The third-order valence-electron chi connectivity index (χ3n) is 3.59. The molecule has 1 aromatic heterocycles. The third kappa shape index (κ3) is 3.08. The monoisotopic (exact) mass is 289 g/mol. The molecule has 21 heavy (non-hydrogen) atoms. The Morgan fingerprint density at radius 3 is 2.57 bits per heavy atom. The molecule has 0 bridgehead atoms. The van der Waals surface area contributed by atoms with E-state index in [1.807, 2.05) is 0 Å². The number of nitrogens with one attached hydrogen (secondary N) is 1. The molecule has 0 saturated heterocycles. The zero-order chi connectivity index (χ0) is 14.8. The summed E-state index contributed by atoms with van der Waals surface area (Å²) < 4.78 is 26.5. The molecule has 3 rings (SSSR count). The lowest BCUT2D eigenvalue weighted by Crippen LogP contribution is -2.07. The number of halogens is 2. The van der Waals surface area contributed by atoms with Crippen LogP contribution in [0.4, 0.5) is 8.78 Å². The highest BCUT2D eigenvalue weighted by Gasteiger charge is 2.18. The SMILES string of the molecule is CCCc1nc(Cc2cc(F)cc(F)c2)nc2c1CNC2. The fourth-order valence-electron chi connectivity index (χ4n) is 2.71. The van der Waals surface area contributed by atoms with Gasteiger partial charge in [-0.2, -0.15) is 0 Å². The summed E-state index contributed by atoms with van der Waals surface area (Å²) >= 11 is 0. The van der Waals surface area contributed by atoms with Gasteiger partial charge < -0.3 is 5.32 Å². The van der Waals surface area contributed by atoms with Gasteiger partial charge in [-0.1, -0.05) is 13.3 Å². The van der Waals surface area contributed by atoms with Gasteiger partial charge in [0.15, 0.2) is 0 Å². The number of hydrogen-bond acceptors (Lipinski definition) is 3. The first-order valence-corrected chi connectivity index (χ1v) is 7.19. The smallest absolute Gasteiger partial charge is 0.133 e. The first kappa shape index (κ1) is 14.1. The van der Waals surface area contributed by atoms with Crippen LogP contribution < -0.4 is 5.32 Å². The van der Waals surface area contributed by atoms with Crippen molar-refractivity contribution in [3.8, 4) is 0 Å². The minimum Gasteiger partial charge on any atom is -0.307 e. The average molecular weight is 289 g/mol. The lowest BCUT2D eigenvalue weighted by Gasteiger charge is -2.09. The topological polar surface area (TPSA) is 37.8 Å². The van der Waals surface area contributed by atoms with E-state index in [9.17, 15) is 8.78 Å². The quantitative estimate of drug-likeness (QED) is 0.940. The Hall–Kier alpha value is -1.88. The van der Waals surface area contributed by atoms with Crippen molar-refractivity contribution in [2.24, 2.45) is 0 Å². The highest BCUT2D eigenvalue weighted by Crippen LogP contribution is 2.20. The third-order valence-corrected chi connectivity index (χ3v) is 3.59. The lowest BCUT2D eigenvalue weighted by atomic mass is 10.1. The van der Waals surface area contributed by atoms with E-state index < -0.39 is 11.6 Å². The number of aromatic nitrogens is 2. The van der Waals surface area contributed by atoms with E-state index in [-0.39, 0.29) is 0 Å². The summed E-state index contributed by atoms with van der Waals surface area (Å²) in [6, 6.07) is 3.54. The van der Waals surface area contributed by atoms with Crippen LogP contribution in [0.3, 0.4) is 0 Å². The van der Waals surface area contributed by atoms with Crippen LogP contribution in [-0.4, -0.2) is 9.97 Å². The maximum Gasteiger partial charge on any atom is 0.133 e. The first-order valence-electron chi connectivity index (χ1n) is 7.19. The molecule has 2 heterocycles. The van der Waals surface area contributed by atoms with E-state index in [4.69, 9.17) is 0 Å². The van der Waals surface area contributed by atoms with Crippen LogP contribution in [-0.2, 0) is 25.9 Å². The number of fused-ring (bicyclic) bond motifs is 1. The zero-order valence-electron chi connectivity index (χ0n) is 11.9. The molecule has 0 amide bonds. The van der Waals surface area contributed by atoms with Gasteiger partial charge in [0.1, 0.15) is 17.5 Å². The number of nitrogens with zero attached hydrogens (tertiary/aromatic N) is 2. The summed E-state index contributed by atoms with van der Waals surface area (Å²) in [5.41, 5.74) is 3.81. The summed E-state index contributed by atoms with van der Waals surface area (Å²) in [6.45, 7) is 3.65. The van der Waals surface area contributed by atoms with E-state index in [1.165, 1.54) is 17.7 Å². The van der Waals surface area contributed by atoms with Crippen molar-refractivity contribution in [2.75, 3.05) is 0 Å². The highest BCUT2D eigenvalue weighted by atomic mass is 19.1. The van der Waals surface area contributed by atoms with Gasteiger partial charge in [0, 0.05) is 36.8 Å². The van der Waals surface area contributed by atoms with Crippen molar-refractivity contribution in [1.29, 1.82) is 0 Å². The van der Waals surface area contributed by atoms with E-state index in [0.29, 0.717) is 17.8 Å². The summed E-state index contributed by atoms with van der Waals surface area (Å²) in [4.78, 5) is 9.13. The van der Waals surface area contributed by atoms with Crippen LogP contribution in [0.5, 0.6) is 0 Å². The van der Waals surface area contributed by atoms with Crippen molar-refractivity contribution in [2.45, 2.75) is 39.3 Å². The van der Waals surface area contributed by atoms with Gasteiger partial charge in [-0.15, -0.1) is 0 Å². The molecule has 1 aromatic carbocycles. The van der Waals surface area contributed by atoms with E-state index in [1.54, 1.807) is 0 Å². The van der Waals surface area contributed by atoms with E-state index in [2.05, 4.69) is 22.2 Å². The molecule has 5 heteroatoms. The molecule has 3 nitrogen and oxygen atoms in total. The van der Waals surface area contributed by atoms with Gasteiger partial charge in [0.2, 0.25) is 0 Å². The van der Waals surface area contributed by atoms with Crippen LogP contribution >= 0.6 is 0 Å². The Bertz CT molecular complexity index is 651. The zero-order valence-corrected chi connectivity index (χ0v) is 11.9. The molecule has 2 aromatic rings. The van der Waals surface area contributed by atoms with Crippen molar-refractivity contribution >= 4 is 0 Å². The standard InChI is InChI=1S/C16H17F2N3/c1-2-3-14-13-8-19-9-15(13)21-16(20-14)6-10-4-11(17)7-12(18)5-10/h4-5,7,19H,2-3,6,8-9H2,1H3. The molecule has 0 saturated carbocycles. The molecule has 0 aliphatic carbocycles. The number of aryl methyl sites for hydroxylation is 1. The van der Waals surface area contributed by atoms with Gasteiger partial charge in [-0.25, -0.2) is 18.7 Å². The van der Waals surface area contributed by atoms with Crippen LogP contribution in [0.2, 0.25) is 0 Å². The second-order valence-electron chi connectivity index (χ2n) is 5.32. The maximum absolute atomic E-state index is 13.3. The molecule has 0 atom stereocenters. The second-order valence-corrected chi connectivity index (χ2v) is 5.32. The Kier molecular flexibility index (Phi) is 3.92. The van der Waals surface area contributed by atoms with E-state index in [0.717, 1.165) is 43.4 Å². The first-order chi connectivity index (χ1) is 10.2. The molecule has 0 unspecified atom stereocenters. The summed E-state index contributed by atoms with van der Waals surface area (Å²) in [6.07, 6.45) is 2.26. The summed E-state index contributed by atoms with van der Waals surface area (Å²) in [7, 11) is 0. The number of rotatable bonds is 4. The van der Waals surface area contributed by atoms with Crippen LogP contribution in [0.15, 0.2) is 18.2 Å². The van der Waals surface area contributed by atoms with E-state index >= 15 is 0 Å². The van der Waals surface area contributed by atoms with Gasteiger partial charge >= 0.3 is 0 Å². The molecule has 0 fully saturated rings. The second kappa shape index (κ2) is 5.85. The van der Waals surface area contributed by atoms with Crippen molar-refractivity contribution in [3.05, 3.63) is 58.2 Å². The summed E-state index contributed by atoms with van der Waals surface area (Å²) in [5.74, 6) is -0.505. The van der Waals surface area contributed by atoms with Crippen LogP contribution in [0.25, 0.3) is 0 Å². The number of benzene rings is 1. The largest absolute Gasteiger partial charge is 0.307 e. The van der Waals surface area contributed by atoms with Gasteiger partial charge in [0.05, 0.1) is 5.69 Å². The molecule has 110 valence electrons. The highest BCUT2D eigenvalue weighted by molar-refractivity contribution is 5.31. The molecular formula is C16H17F2N3. The Balaban J connectivity index is 1.93. The van der Waals surface area contributed by atoms with Crippen LogP contribution in [0, 0.1) is 11.6 Å². The fourth-order valence-corrected chi connectivity index (χ4v) is 2.71. The lowest BCUT2D eigenvalue weighted by molar-refractivity contribution is 0.580. The Labute approximate surface area is 122 Å². The molecule has 1 N–H and O–H groups in total. The van der Waals surface area contributed by atoms with Crippen LogP contribution in [0.1, 0.15) is 41.7 Å². The minimum absolute atomic E-state index is 0.346. The normalized spacial score (nSPS) is 13.5. The molecule has 1 aliphatic rings. The van der Waals surface area contributed by atoms with Crippen molar-refractivity contribution < 1.29 is 8.78 Å². The molecule has 0 spiro atoms. The van der Waals surface area contributed by atoms with Gasteiger partial charge in [-0.05, 0) is 24.1 Å². The number of hydrogen-bond donors (Lipinski definition) is 1. The Morgan fingerprint density at radius 1 is 1.10 bits per heavy atom. The fraction of sp³-hybridized carbons (Fsp3) is 0.375. The molecular weight excluding hydrogens is 272 g/mol. The van der Waals surface area contributed by atoms with Crippen molar-refractivity contribution in [3.63, 3.8) is 0 Å². The van der Waals surface area contributed by atoms with Crippen molar-refractivity contribution in [1.82, 2.24) is 15.3 Å². The van der Waals surface area contributed by atoms with Gasteiger partial charge in [0.25, 0.3) is 0 Å². The molecule has 1 aliphatic heterocycles. The molecule has 0 radical (unpaired) electrons.